The fourth-order valence-corrected chi connectivity index (χ4v) is 3.85. The first-order chi connectivity index (χ1) is 15.1. The molecule has 1 atom stereocenters. The molecule has 0 spiro atoms. The summed E-state index contributed by atoms with van der Waals surface area (Å²) >= 11 is 0. The summed E-state index contributed by atoms with van der Waals surface area (Å²) in [6, 6.07) is 9.11. The molecular weight excluding hydrogens is 402 g/mol. The van der Waals surface area contributed by atoms with Gasteiger partial charge in [-0.3, -0.25) is 14.5 Å². The maximum atomic E-state index is 13.3. The molecule has 0 aliphatic carbocycles. The number of rotatable bonds is 7. The molecule has 0 bridgehead atoms. The third-order valence-electron chi connectivity index (χ3n) is 5.79. The molecular formula is C25H35N5O2. The van der Waals surface area contributed by atoms with Gasteiger partial charge in [0.25, 0.3) is 5.91 Å². The van der Waals surface area contributed by atoms with Crippen LogP contribution in [0.4, 0.5) is 0 Å². The average Bonchev–Trinajstić information content (AvgIpc) is 3.14. The van der Waals surface area contributed by atoms with Gasteiger partial charge in [-0.2, -0.15) is 0 Å². The highest BCUT2D eigenvalue weighted by Gasteiger charge is 2.30. The molecule has 0 saturated heterocycles. The highest BCUT2D eigenvalue weighted by molar-refractivity contribution is 5.98. The zero-order valence-corrected chi connectivity index (χ0v) is 19.9. The predicted molar refractivity (Wildman–Crippen MR) is 127 cm³/mol. The van der Waals surface area contributed by atoms with Gasteiger partial charge >= 0.3 is 0 Å². The Hall–Kier alpha value is -2.93. The number of carbonyl (C=O) groups is 2. The number of nitrogens with zero attached hydrogens (tertiary/aromatic N) is 3. The van der Waals surface area contributed by atoms with E-state index >= 15 is 0 Å². The standard InChI is InChI=1S/C25H35N5O2/c1-17(2)20(23(31)26-6)28-24(32)21-19-16-29(13-12-25(3,4)5)14-15-30(19)22(27-21)18-10-8-7-9-11-18/h7-11,20H,1,12-16H2,2-6H3,(H,26,31)(H,28,32)/t20-/m0/s1. The van der Waals surface area contributed by atoms with Gasteiger partial charge in [-0.15, -0.1) is 0 Å². The van der Waals surface area contributed by atoms with Gasteiger partial charge in [-0.1, -0.05) is 57.7 Å². The first-order valence-corrected chi connectivity index (χ1v) is 11.2. The summed E-state index contributed by atoms with van der Waals surface area (Å²) in [6.07, 6.45) is 1.07. The zero-order chi connectivity index (χ0) is 23.5. The molecule has 3 rings (SSSR count). The molecule has 7 heteroatoms. The molecule has 0 radical (unpaired) electrons. The SMILES string of the molecule is C=C(C)[C@H](NC(=O)c1nc(-c2ccccc2)n2c1CN(CCC(C)(C)C)CC2)C(=O)NC. The number of nitrogens with one attached hydrogen (secondary N) is 2. The van der Waals surface area contributed by atoms with Crippen LogP contribution >= 0.6 is 0 Å². The molecule has 0 fully saturated rings. The largest absolute Gasteiger partial charge is 0.357 e. The van der Waals surface area contributed by atoms with Gasteiger partial charge in [-0.05, 0) is 30.9 Å². The number of fused-ring (bicyclic) bond motifs is 1. The minimum absolute atomic E-state index is 0.245. The van der Waals surface area contributed by atoms with Crippen molar-refractivity contribution in [2.45, 2.75) is 53.2 Å². The van der Waals surface area contributed by atoms with Crippen molar-refractivity contribution < 1.29 is 9.59 Å². The Labute approximate surface area is 190 Å². The molecule has 1 aliphatic heterocycles. The van der Waals surface area contributed by atoms with Crippen molar-refractivity contribution in [1.82, 2.24) is 25.1 Å². The van der Waals surface area contributed by atoms with E-state index < -0.39 is 6.04 Å². The highest BCUT2D eigenvalue weighted by Crippen LogP contribution is 2.28. The quantitative estimate of drug-likeness (QED) is 0.652. The molecule has 2 N–H and O–H groups in total. The van der Waals surface area contributed by atoms with Crippen molar-refractivity contribution in [1.29, 1.82) is 0 Å². The summed E-state index contributed by atoms with van der Waals surface area (Å²) in [7, 11) is 1.55. The van der Waals surface area contributed by atoms with Crippen molar-refractivity contribution in [3.05, 3.63) is 53.9 Å². The Morgan fingerprint density at radius 3 is 2.47 bits per heavy atom. The van der Waals surface area contributed by atoms with Crippen LogP contribution in [0.25, 0.3) is 11.4 Å². The molecule has 7 nitrogen and oxygen atoms in total. The second kappa shape index (κ2) is 9.69. The number of hydrogen-bond donors (Lipinski definition) is 2. The third kappa shape index (κ3) is 5.46. The van der Waals surface area contributed by atoms with Crippen LogP contribution in [0.2, 0.25) is 0 Å². The van der Waals surface area contributed by atoms with Crippen molar-refractivity contribution in [3.63, 3.8) is 0 Å². The fourth-order valence-electron chi connectivity index (χ4n) is 3.85. The van der Waals surface area contributed by atoms with E-state index in [2.05, 4.69) is 47.5 Å². The Bertz CT molecular complexity index is 988. The van der Waals surface area contributed by atoms with Gasteiger partial charge < -0.3 is 15.2 Å². The van der Waals surface area contributed by atoms with Gasteiger partial charge in [0, 0.05) is 32.2 Å². The van der Waals surface area contributed by atoms with Gasteiger partial charge in [0.1, 0.15) is 11.9 Å². The molecule has 2 aromatic rings. The van der Waals surface area contributed by atoms with E-state index in [1.807, 2.05) is 30.3 Å². The lowest BCUT2D eigenvalue weighted by atomic mass is 9.92. The van der Waals surface area contributed by atoms with Crippen molar-refractivity contribution >= 4 is 11.8 Å². The van der Waals surface area contributed by atoms with Crippen LogP contribution < -0.4 is 10.6 Å². The monoisotopic (exact) mass is 437 g/mol. The van der Waals surface area contributed by atoms with Crippen LogP contribution in [0.5, 0.6) is 0 Å². The highest BCUT2D eigenvalue weighted by atomic mass is 16.2. The van der Waals surface area contributed by atoms with E-state index in [0.29, 0.717) is 17.8 Å². The first kappa shape index (κ1) is 23.7. The zero-order valence-electron chi connectivity index (χ0n) is 19.9. The van der Waals surface area contributed by atoms with Gasteiger partial charge in [0.2, 0.25) is 5.91 Å². The lowest BCUT2D eigenvalue weighted by Gasteiger charge is -2.31. The molecule has 0 saturated carbocycles. The van der Waals surface area contributed by atoms with E-state index in [0.717, 1.165) is 43.1 Å². The molecule has 0 unspecified atom stereocenters. The topological polar surface area (TPSA) is 79.3 Å². The van der Waals surface area contributed by atoms with Crippen LogP contribution in [0.3, 0.4) is 0 Å². The van der Waals surface area contributed by atoms with E-state index in [-0.39, 0.29) is 17.2 Å². The van der Waals surface area contributed by atoms with Crippen LogP contribution in [-0.2, 0) is 17.9 Å². The van der Waals surface area contributed by atoms with Crippen LogP contribution in [0.1, 0.15) is 50.3 Å². The minimum atomic E-state index is -0.800. The summed E-state index contributed by atoms with van der Waals surface area (Å²) in [5.41, 5.74) is 3.05. The summed E-state index contributed by atoms with van der Waals surface area (Å²) in [5, 5.41) is 5.41. The second-order valence-electron chi connectivity index (χ2n) is 9.70. The smallest absolute Gasteiger partial charge is 0.272 e. The first-order valence-electron chi connectivity index (χ1n) is 11.2. The number of imidazole rings is 1. The molecule has 2 heterocycles. The lowest BCUT2D eigenvalue weighted by Crippen LogP contribution is -2.46. The Morgan fingerprint density at radius 2 is 1.88 bits per heavy atom. The number of aromatic nitrogens is 2. The Balaban J connectivity index is 1.95. The van der Waals surface area contributed by atoms with Crippen LogP contribution in [0, 0.1) is 5.41 Å². The average molecular weight is 438 g/mol. The van der Waals surface area contributed by atoms with E-state index in [1.54, 1.807) is 14.0 Å². The minimum Gasteiger partial charge on any atom is -0.357 e. The number of amides is 2. The van der Waals surface area contributed by atoms with Gasteiger partial charge in [-0.25, -0.2) is 4.98 Å². The maximum absolute atomic E-state index is 13.3. The lowest BCUT2D eigenvalue weighted by molar-refractivity contribution is -0.121. The van der Waals surface area contributed by atoms with Crippen molar-refractivity contribution in [3.8, 4) is 11.4 Å². The molecule has 1 aromatic heterocycles. The van der Waals surface area contributed by atoms with E-state index in [1.165, 1.54) is 0 Å². The molecule has 172 valence electrons. The van der Waals surface area contributed by atoms with Gasteiger partial charge in [0.15, 0.2) is 5.69 Å². The number of likely N-dealkylation sites (N-methyl/N-ethyl adjacent to an activating group) is 1. The summed E-state index contributed by atoms with van der Waals surface area (Å²) in [4.78, 5) is 32.7. The van der Waals surface area contributed by atoms with Crippen LogP contribution in [-0.4, -0.2) is 52.4 Å². The Morgan fingerprint density at radius 1 is 1.19 bits per heavy atom. The third-order valence-corrected chi connectivity index (χ3v) is 5.79. The van der Waals surface area contributed by atoms with Crippen molar-refractivity contribution in [2.75, 3.05) is 20.1 Å². The summed E-state index contributed by atoms with van der Waals surface area (Å²) in [5.74, 6) is 0.132. The van der Waals surface area contributed by atoms with E-state index in [4.69, 9.17) is 4.98 Å². The van der Waals surface area contributed by atoms with Crippen LogP contribution in [0.15, 0.2) is 42.5 Å². The fraction of sp³-hybridized carbons (Fsp3) is 0.480. The number of carbonyl (C=O) groups excluding carboxylic acids is 2. The molecule has 1 aromatic carbocycles. The normalized spacial score (nSPS) is 15.0. The molecule has 2 amide bonds. The second-order valence-corrected chi connectivity index (χ2v) is 9.70. The molecule has 1 aliphatic rings. The van der Waals surface area contributed by atoms with E-state index in [9.17, 15) is 9.59 Å². The van der Waals surface area contributed by atoms with Gasteiger partial charge in [0.05, 0.1) is 5.69 Å². The maximum Gasteiger partial charge on any atom is 0.272 e. The number of hydrogen-bond acceptors (Lipinski definition) is 4. The molecule has 32 heavy (non-hydrogen) atoms. The predicted octanol–water partition coefficient (Wildman–Crippen LogP) is 3.22. The van der Waals surface area contributed by atoms with Crippen molar-refractivity contribution in [2.24, 2.45) is 5.41 Å². The number of benzene rings is 1. The summed E-state index contributed by atoms with van der Waals surface area (Å²) < 4.78 is 2.15. The Kier molecular flexibility index (Phi) is 7.19. The summed E-state index contributed by atoms with van der Waals surface area (Å²) in [6.45, 7) is 15.6.